The van der Waals surface area contributed by atoms with Gasteiger partial charge in [-0.3, -0.25) is 4.55 Å². The summed E-state index contributed by atoms with van der Waals surface area (Å²) in [7, 11) is -1.54. The molecule has 0 saturated heterocycles. The Morgan fingerprint density at radius 1 is 1.41 bits per heavy atom. The molecule has 0 aliphatic carbocycles. The van der Waals surface area contributed by atoms with E-state index in [1.807, 2.05) is 0 Å². The van der Waals surface area contributed by atoms with Gasteiger partial charge in [-0.05, 0) is 18.2 Å². The molecule has 0 bridgehead atoms. The number of rotatable bonds is 3. The van der Waals surface area contributed by atoms with Crippen LogP contribution in [0.1, 0.15) is 0 Å². The Hall–Kier alpha value is -1.80. The average Bonchev–Trinajstić information content (AvgIpc) is 2.27. The molecule has 3 N–H and O–H groups in total. The van der Waals surface area contributed by atoms with Crippen molar-refractivity contribution in [1.29, 1.82) is 0 Å². The molecule has 0 aromatic heterocycles. The Labute approximate surface area is 98.5 Å². The third kappa shape index (κ3) is 3.33. The number of methoxy groups -OCH3 is 1. The number of benzene rings is 1. The summed E-state index contributed by atoms with van der Waals surface area (Å²) in [6.45, 7) is 0. The molecule has 94 valence electrons. The van der Waals surface area contributed by atoms with Crippen molar-refractivity contribution in [2.45, 2.75) is 4.90 Å². The molecule has 0 spiro atoms. The Morgan fingerprint density at radius 3 is 2.53 bits per heavy atom. The van der Waals surface area contributed by atoms with Crippen LogP contribution in [-0.4, -0.2) is 33.2 Å². The first-order valence-corrected chi connectivity index (χ1v) is 5.96. The third-order valence-corrected chi connectivity index (χ3v) is 2.79. The number of carbonyl (C=O) groups excluding carboxylic acids is 1. The zero-order chi connectivity index (χ0) is 13.1. The summed E-state index contributed by atoms with van der Waals surface area (Å²) in [5.41, 5.74) is 0.141. The number of hydrogen-bond acceptors (Lipinski definition) is 4. The fourth-order valence-electron chi connectivity index (χ4n) is 1.13. The summed E-state index contributed by atoms with van der Waals surface area (Å²) in [6, 6.07) is 3.07. The van der Waals surface area contributed by atoms with Crippen molar-refractivity contribution in [3.8, 4) is 5.75 Å². The van der Waals surface area contributed by atoms with Gasteiger partial charge in [0.1, 0.15) is 5.75 Å². The van der Waals surface area contributed by atoms with Crippen LogP contribution in [0, 0.1) is 0 Å². The maximum absolute atomic E-state index is 11.1. The Balaban J connectivity index is 3.20. The minimum absolute atomic E-state index is 0.141. The summed E-state index contributed by atoms with van der Waals surface area (Å²) in [5.74, 6) is 0.279. The van der Waals surface area contributed by atoms with E-state index in [2.05, 4.69) is 10.6 Å². The molecule has 0 unspecified atom stereocenters. The van der Waals surface area contributed by atoms with Gasteiger partial charge in [0.05, 0.1) is 17.7 Å². The monoisotopic (exact) mass is 260 g/mol. The van der Waals surface area contributed by atoms with Crippen molar-refractivity contribution < 1.29 is 22.5 Å². The van der Waals surface area contributed by atoms with Crippen LogP contribution in [0.5, 0.6) is 5.75 Å². The van der Waals surface area contributed by atoms with E-state index in [0.717, 1.165) is 6.07 Å². The number of urea groups is 1. The minimum atomic E-state index is -4.32. The lowest BCUT2D eigenvalue weighted by molar-refractivity contribution is 0.254. The summed E-state index contributed by atoms with van der Waals surface area (Å²) in [6.07, 6.45) is 0. The number of nitrogens with one attached hydrogen (secondary N) is 2. The second-order valence-electron chi connectivity index (χ2n) is 3.04. The van der Waals surface area contributed by atoms with Crippen LogP contribution in [0.25, 0.3) is 0 Å². The number of hydrogen-bond donors (Lipinski definition) is 3. The predicted molar refractivity (Wildman–Crippen MR) is 60.9 cm³/mol. The third-order valence-electron chi connectivity index (χ3n) is 1.94. The summed E-state index contributed by atoms with van der Waals surface area (Å²) in [5, 5.41) is 4.68. The van der Waals surface area contributed by atoms with Crippen LogP contribution in [0.3, 0.4) is 0 Å². The molecule has 2 amide bonds. The van der Waals surface area contributed by atoms with Crippen molar-refractivity contribution >= 4 is 21.8 Å². The van der Waals surface area contributed by atoms with Gasteiger partial charge < -0.3 is 15.4 Å². The van der Waals surface area contributed by atoms with E-state index in [-0.39, 0.29) is 16.3 Å². The largest absolute Gasteiger partial charge is 0.495 e. The number of anilines is 1. The molecule has 7 nitrogen and oxygen atoms in total. The topological polar surface area (TPSA) is 105 Å². The van der Waals surface area contributed by atoms with Gasteiger partial charge in [-0.1, -0.05) is 0 Å². The van der Waals surface area contributed by atoms with Gasteiger partial charge in [0.15, 0.2) is 0 Å². The fourth-order valence-corrected chi connectivity index (χ4v) is 1.64. The highest BCUT2D eigenvalue weighted by molar-refractivity contribution is 7.85. The van der Waals surface area contributed by atoms with Gasteiger partial charge in [0, 0.05) is 7.05 Å². The number of amides is 2. The van der Waals surface area contributed by atoms with Crippen LogP contribution >= 0.6 is 0 Å². The molecule has 1 aromatic carbocycles. The number of carbonyl (C=O) groups is 1. The lowest BCUT2D eigenvalue weighted by atomic mass is 10.3. The van der Waals surface area contributed by atoms with Crippen LogP contribution in [0.2, 0.25) is 0 Å². The van der Waals surface area contributed by atoms with E-state index in [4.69, 9.17) is 9.29 Å². The zero-order valence-electron chi connectivity index (χ0n) is 9.22. The predicted octanol–water partition coefficient (Wildman–Crippen LogP) is 0.693. The molecular formula is C9H12N2O5S. The minimum Gasteiger partial charge on any atom is -0.495 e. The lowest BCUT2D eigenvalue weighted by Gasteiger charge is -2.10. The van der Waals surface area contributed by atoms with E-state index in [1.165, 1.54) is 26.3 Å². The van der Waals surface area contributed by atoms with Crippen molar-refractivity contribution in [3.63, 3.8) is 0 Å². The highest BCUT2D eigenvalue weighted by Crippen LogP contribution is 2.27. The van der Waals surface area contributed by atoms with E-state index in [1.54, 1.807) is 0 Å². The van der Waals surface area contributed by atoms with Crippen LogP contribution < -0.4 is 15.4 Å². The molecule has 0 fully saturated rings. The lowest BCUT2D eigenvalue weighted by Crippen LogP contribution is -2.24. The van der Waals surface area contributed by atoms with Gasteiger partial charge in [0.25, 0.3) is 10.1 Å². The first kappa shape index (κ1) is 13.3. The second kappa shape index (κ2) is 5.02. The van der Waals surface area contributed by atoms with E-state index in [0.29, 0.717) is 0 Å². The van der Waals surface area contributed by atoms with Crippen LogP contribution in [0.15, 0.2) is 23.1 Å². The highest BCUT2D eigenvalue weighted by Gasteiger charge is 2.14. The Bertz CT molecular complexity index is 526. The Kier molecular flexibility index (Phi) is 3.92. The standard InChI is InChI=1S/C9H12N2O5S/c1-10-9(12)11-7-5-6(17(13,14)15)3-4-8(7)16-2/h3-5H,1-2H3,(H2,10,11,12)(H,13,14,15). The molecule has 1 aromatic rings. The fraction of sp³-hybridized carbons (Fsp3) is 0.222. The van der Waals surface area contributed by atoms with Gasteiger partial charge in [-0.2, -0.15) is 8.42 Å². The van der Waals surface area contributed by atoms with Gasteiger partial charge in [-0.15, -0.1) is 0 Å². The summed E-state index contributed by atoms with van der Waals surface area (Å²) < 4.78 is 35.7. The van der Waals surface area contributed by atoms with Crippen molar-refractivity contribution in [2.24, 2.45) is 0 Å². The molecule has 0 atom stereocenters. The summed E-state index contributed by atoms with van der Waals surface area (Å²) >= 11 is 0. The zero-order valence-corrected chi connectivity index (χ0v) is 10.0. The molecule has 0 heterocycles. The maximum Gasteiger partial charge on any atom is 0.319 e. The second-order valence-corrected chi connectivity index (χ2v) is 4.46. The van der Waals surface area contributed by atoms with E-state index < -0.39 is 16.1 Å². The van der Waals surface area contributed by atoms with Crippen LogP contribution in [0.4, 0.5) is 10.5 Å². The average molecular weight is 260 g/mol. The smallest absolute Gasteiger partial charge is 0.319 e. The van der Waals surface area contributed by atoms with E-state index >= 15 is 0 Å². The molecule has 1 rings (SSSR count). The number of ether oxygens (including phenoxy) is 1. The quantitative estimate of drug-likeness (QED) is 0.694. The van der Waals surface area contributed by atoms with Crippen LogP contribution in [-0.2, 0) is 10.1 Å². The van der Waals surface area contributed by atoms with Crippen molar-refractivity contribution in [2.75, 3.05) is 19.5 Å². The molecular weight excluding hydrogens is 248 g/mol. The van der Waals surface area contributed by atoms with Crippen molar-refractivity contribution in [1.82, 2.24) is 5.32 Å². The Morgan fingerprint density at radius 2 is 2.06 bits per heavy atom. The molecule has 0 aliphatic heterocycles. The summed E-state index contributed by atoms with van der Waals surface area (Å²) in [4.78, 5) is 10.8. The van der Waals surface area contributed by atoms with E-state index in [9.17, 15) is 13.2 Å². The SMILES string of the molecule is CNC(=O)Nc1cc(S(=O)(=O)O)ccc1OC. The van der Waals surface area contributed by atoms with Crippen molar-refractivity contribution in [3.05, 3.63) is 18.2 Å². The van der Waals surface area contributed by atoms with Gasteiger partial charge in [0.2, 0.25) is 0 Å². The normalized spacial score (nSPS) is 10.8. The highest BCUT2D eigenvalue weighted by atomic mass is 32.2. The molecule has 0 aliphatic rings. The first-order valence-electron chi connectivity index (χ1n) is 4.52. The first-order chi connectivity index (χ1) is 7.88. The molecule has 17 heavy (non-hydrogen) atoms. The molecule has 0 saturated carbocycles. The molecule has 0 radical (unpaired) electrons. The maximum atomic E-state index is 11.1. The molecule has 8 heteroatoms. The van der Waals surface area contributed by atoms with Gasteiger partial charge >= 0.3 is 6.03 Å². The van der Waals surface area contributed by atoms with Gasteiger partial charge in [-0.25, -0.2) is 4.79 Å².